The van der Waals surface area contributed by atoms with E-state index in [-0.39, 0.29) is 35.6 Å². The maximum atomic E-state index is 14.4. The predicted molar refractivity (Wildman–Crippen MR) is 87.2 cm³/mol. The number of nitrogens with two attached hydrogens (primary N) is 2. The molecule has 0 spiro atoms. The number of rotatable bonds is 6. The maximum absolute atomic E-state index is 14.4. The second-order valence-electron chi connectivity index (χ2n) is 6.69. The Hall–Kier alpha value is -2.15. The van der Waals surface area contributed by atoms with Crippen LogP contribution in [0.2, 0.25) is 0 Å². The van der Waals surface area contributed by atoms with Crippen LogP contribution in [0.15, 0.2) is 35.5 Å². The first-order valence-corrected chi connectivity index (χ1v) is 8.13. The molecule has 0 bridgehead atoms. The van der Waals surface area contributed by atoms with Crippen LogP contribution in [-0.4, -0.2) is 19.3 Å². The predicted octanol–water partition coefficient (Wildman–Crippen LogP) is 3.07. The van der Waals surface area contributed by atoms with Crippen molar-refractivity contribution < 1.29 is 22.6 Å². The molecule has 4 N–H and O–H groups in total. The van der Waals surface area contributed by atoms with Crippen molar-refractivity contribution in [2.75, 3.05) is 13.7 Å². The maximum Gasteiger partial charge on any atom is 0.165 e. The molecule has 1 fully saturated rings. The summed E-state index contributed by atoms with van der Waals surface area (Å²) in [5, 5.41) is 0. The molecule has 7 heteroatoms. The van der Waals surface area contributed by atoms with Crippen LogP contribution in [0.25, 0.3) is 0 Å². The van der Waals surface area contributed by atoms with Gasteiger partial charge in [-0.25, -0.2) is 13.2 Å². The van der Waals surface area contributed by atoms with Crippen molar-refractivity contribution in [3.05, 3.63) is 52.7 Å². The first-order valence-electron chi connectivity index (χ1n) is 8.13. The van der Waals surface area contributed by atoms with E-state index in [0.29, 0.717) is 12.5 Å². The smallest absolute Gasteiger partial charge is 0.165 e. The molecular formula is C18H21F3N2O2. The second-order valence-corrected chi connectivity index (χ2v) is 6.69. The number of methoxy groups -OCH3 is 1. The average Bonchev–Trinajstić information content (AvgIpc) is 3.39. The zero-order valence-corrected chi connectivity index (χ0v) is 14.0. The van der Waals surface area contributed by atoms with Crippen molar-refractivity contribution in [2.24, 2.45) is 17.4 Å². The lowest BCUT2D eigenvalue weighted by Crippen LogP contribution is -2.47. The molecule has 0 radical (unpaired) electrons. The minimum Gasteiger partial charge on any atom is -0.499 e. The van der Waals surface area contributed by atoms with Crippen LogP contribution >= 0.6 is 0 Å². The van der Waals surface area contributed by atoms with E-state index in [1.165, 1.54) is 13.2 Å². The Kier molecular flexibility index (Phi) is 4.69. The topological polar surface area (TPSA) is 70.5 Å². The number of ether oxygens (including phenoxy) is 2. The molecule has 0 aliphatic heterocycles. The van der Waals surface area contributed by atoms with E-state index in [4.69, 9.17) is 20.9 Å². The molecule has 1 saturated carbocycles. The zero-order chi connectivity index (χ0) is 18.2. The number of halogens is 3. The van der Waals surface area contributed by atoms with Gasteiger partial charge < -0.3 is 20.9 Å². The molecule has 0 saturated heterocycles. The summed E-state index contributed by atoms with van der Waals surface area (Å²) >= 11 is 0. The van der Waals surface area contributed by atoms with Crippen molar-refractivity contribution >= 4 is 0 Å². The lowest BCUT2D eigenvalue weighted by atomic mass is 9.82. The largest absolute Gasteiger partial charge is 0.499 e. The van der Waals surface area contributed by atoms with Gasteiger partial charge in [-0.15, -0.1) is 0 Å². The normalized spacial score (nSPS) is 23.5. The molecule has 0 amide bonds. The highest BCUT2D eigenvalue weighted by atomic mass is 19.2. The molecule has 136 valence electrons. The fraction of sp³-hybridized carbons (Fsp3) is 0.444. The minimum atomic E-state index is -1.29. The Labute approximate surface area is 144 Å². The summed E-state index contributed by atoms with van der Waals surface area (Å²) in [4.78, 5) is 0. The Morgan fingerprint density at radius 2 is 1.96 bits per heavy atom. The summed E-state index contributed by atoms with van der Waals surface area (Å²) in [6.45, 7) is 0.444. The van der Waals surface area contributed by atoms with Gasteiger partial charge in [0.2, 0.25) is 0 Å². The van der Waals surface area contributed by atoms with E-state index >= 15 is 0 Å². The van der Waals surface area contributed by atoms with Gasteiger partial charge in [-0.3, -0.25) is 0 Å². The second kappa shape index (κ2) is 6.63. The quantitative estimate of drug-likeness (QED) is 0.824. The van der Waals surface area contributed by atoms with Crippen molar-refractivity contribution in [3.8, 4) is 5.75 Å². The van der Waals surface area contributed by atoms with Gasteiger partial charge >= 0.3 is 0 Å². The number of benzene rings is 1. The zero-order valence-electron chi connectivity index (χ0n) is 14.0. The molecule has 4 nitrogen and oxygen atoms in total. The first kappa shape index (κ1) is 17.7. The molecule has 3 rings (SSSR count). The van der Waals surface area contributed by atoms with Crippen LogP contribution in [0.4, 0.5) is 13.2 Å². The van der Waals surface area contributed by atoms with Gasteiger partial charge in [-0.05, 0) is 30.9 Å². The van der Waals surface area contributed by atoms with Gasteiger partial charge in [0, 0.05) is 30.2 Å². The Morgan fingerprint density at radius 3 is 2.60 bits per heavy atom. The Morgan fingerprint density at radius 1 is 1.24 bits per heavy atom. The van der Waals surface area contributed by atoms with Crippen molar-refractivity contribution in [2.45, 2.75) is 31.2 Å². The van der Waals surface area contributed by atoms with Gasteiger partial charge in [-0.1, -0.05) is 0 Å². The highest BCUT2D eigenvalue weighted by molar-refractivity contribution is 5.41. The van der Waals surface area contributed by atoms with Crippen LogP contribution in [0.3, 0.4) is 0 Å². The van der Waals surface area contributed by atoms with Crippen molar-refractivity contribution in [1.29, 1.82) is 0 Å². The summed E-state index contributed by atoms with van der Waals surface area (Å²) in [7, 11) is 1.34. The molecule has 1 aromatic rings. The Bertz CT molecular complexity index is 744. The van der Waals surface area contributed by atoms with Gasteiger partial charge in [0.25, 0.3) is 0 Å². The molecule has 25 heavy (non-hydrogen) atoms. The molecule has 2 aliphatic carbocycles. The third-order valence-corrected chi connectivity index (χ3v) is 4.60. The van der Waals surface area contributed by atoms with E-state index in [1.54, 1.807) is 0 Å². The highest BCUT2D eigenvalue weighted by Crippen LogP contribution is 2.37. The molecule has 2 aliphatic rings. The standard InChI is InChI=1S/C18H21F3N2O2/c1-24-16-6-13(20)14(22)8-18(16,23)7-11-15(25-9-10-2-3-10)5-4-12(19)17(11)21/h4-6,10H,2-3,7-9,22-23H2,1H3. The molecular weight excluding hydrogens is 333 g/mol. The lowest BCUT2D eigenvalue weighted by molar-refractivity contribution is 0.208. The molecule has 1 unspecified atom stereocenters. The third-order valence-electron chi connectivity index (χ3n) is 4.60. The summed E-state index contributed by atoms with van der Waals surface area (Å²) in [5.41, 5.74) is 10.7. The van der Waals surface area contributed by atoms with E-state index in [9.17, 15) is 13.2 Å². The van der Waals surface area contributed by atoms with Crippen LogP contribution in [0.5, 0.6) is 5.75 Å². The Balaban J connectivity index is 1.93. The monoisotopic (exact) mass is 354 g/mol. The van der Waals surface area contributed by atoms with Crippen LogP contribution in [-0.2, 0) is 11.2 Å². The van der Waals surface area contributed by atoms with E-state index < -0.39 is 23.0 Å². The van der Waals surface area contributed by atoms with Gasteiger partial charge in [0.15, 0.2) is 11.6 Å². The molecule has 0 heterocycles. The summed E-state index contributed by atoms with van der Waals surface area (Å²) in [6, 6.07) is 2.41. The van der Waals surface area contributed by atoms with Crippen molar-refractivity contribution in [3.63, 3.8) is 0 Å². The fourth-order valence-electron chi connectivity index (χ4n) is 2.96. The summed E-state index contributed by atoms with van der Waals surface area (Å²) < 4.78 is 52.7. The molecule has 1 atom stereocenters. The van der Waals surface area contributed by atoms with Crippen molar-refractivity contribution in [1.82, 2.24) is 0 Å². The number of hydrogen-bond donors (Lipinski definition) is 2. The fourth-order valence-corrected chi connectivity index (χ4v) is 2.96. The van der Waals surface area contributed by atoms with Crippen LogP contribution in [0, 0.1) is 17.6 Å². The number of hydrogen-bond acceptors (Lipinski definition) is 4. The average molecular weight is 354 g/mol. The van der Waals surface area contributed by atoms with E-state index in [0.717, 1.165) is 25.0 Å². The van der Waals surface area contributed by atoms with Gasteiger partial charge in [0.05, 0.1) is 19.3 Å². The first-order chi connectivity index (χ1) is 11.8. The van der Waals surface area contributed by atoms with Gasteiger partial charge in [0.1, 0.15) is 17.3 Å². The van der Waals surface area contributed by atoms with Crippen LogP contribution < -0.4 is 16.2 Å². The number of allylic oxidation sites excluding steroid dienone is 2. The molecule has 1 aromatic carbocycles. The van der Waals surface area contributed by atoms with E-state index in [1.807, 2.05) is 0 Å². The molecule has 0 aromatic heterocycles. The van der Waals surface area contributed by atoms with Gasteiger partial charge in [-0.2, -0.15) is 0 Å². The summed E-state index contributed by atoms with van der Waals surface area (Å²) in [6.07, 6.45) is 3.01. The van der Waals surface area contributed by atoms with Crippen LogP contribution in [0.1, 0.15) is 24.8 Å². The summed E-state index contributed by atoms with van der Waals surface area (Å²) in [5.74, 6) is -1.85. The van der Waals surface area contributed by atoms with E-state index in [2.05, 4.69) is 0 Å². The lowest BCUT2D eigenvalue weighted by Gasteiger charge is -2.34. The highest BCUT2D eigenvalue weighted by Gasteiger charge is 2.38. The SMILES string of the molecule is COC1=CC(F)=C(N)CC1(N)Cc1c(OCC2CC2)ccc(F)c1F. The minimum absolute atomic E-state index is 0.00112. The third kappa shape index (κ3) is 3.61.